The van der Waals surface area contributed by atoms with Crippen LogP contribution >= 0.6 is 23.6 Å². The van der Waals surface area contributed by atoms with Crippen LogP contribution in [-0.2, 0) is 31.9 Å². The molecular formula is C55H52F3N7O6S2. The van der Waals surface area contributed by atoms with Crippen molar-refractivity contribution in [2.45, 2.75) is 84.7 Å². The minimum atomic E-state index is -4.81. The Labute approximate surface area is 430 Å². The van der Waals surface area contributed by atoms with Gasteiger partial charge in [-0.05, 0) is 140 Å². The average Bonchev–Trinajstić information content (AvgIpc) is 4.08. The van der Waals surface area contributed by atoms with Crippen LogP contribution in [0.2, 0.25) is 0 Å². The number of carbonyl (C=O) groups is 4. The van der Waals surface area contributed by atoms with Gasteiger partial charge in [-0.25, -0.2) is 4.98 Å². The van der Waals surface area contributed by atoms with E-state index in [0.717, 1.165) is 49.9 Å². The third kappa shape index (κ3) is 11.2. The number of hydrogen-bond donors (Lipinski definition) is 2. The molecule has 5 aromatic carbocycles. The van der Waals surface area contributed by atoms with Gasteiger partial charge in [-0.1, -0.05) is 69.3 Å². The van der Waals surface area contributed by atoms with Crippen LogP contribution in [0.3, 0.4) is 0 Å². The number of aryl methyl sites for hydroxylation is 1. The van der Waals surface area contributed by atoms with E-state index >= 15 is 0 Å². The van der Waals surface area contributed by atoms with Crippen molar-refractivity contribution in [2.24, 2.45) is 5.41 Å². The van der Waals surface area contributed by atoms with E-state index in [-0.39, 0.29) is 29.2 Å². The standard InChI is InChI=1S/C55H52F3N7O6S2/c1-33-47(73-32-61-33)36-14-12-34(13-15-36)30-60-49(67)45-11-8-26-63(45)50(68)48(53(2,3)4)62-46(66)31-70-41-22-24-42(25-23-41)71-43-10-7-9-37(27-43)35-16-19-39(20-17-35)65-52(72)64(51(69)54(65,5)6)40-21-18-38(29-59)44(28-40)55(56,57)58/h7,9-10,12-25,27-28,32,45,48H,8,11,26,30-31H2,1-6H3,(H,60,67)(H,62,66)/t45-,48+/m0/s1. The van der Waals surface area contributed by atoms with Gasteiger partial charge in [0.2, 0.25) is 11.8 Å². The van der Waals surface area contributed by atoms with Crippen LogP contribution in [0.25, 0.3) is 21.6 Å². The number of alkyl halides is 3. The van der Waals surface area contributed by atoms with Crippen molar-refractivity contribution in [3.63, 3.8) is 0 Å². The molecule has 1 aromatic heterocycles. The number of thiazole rings is 1. The topological polar surface area (TPSA) is 157 Å². The Bertz CT molecular complexity index is 3110. The van der Waals surface area contributed by atoms with Crippen molar-refractivity contribution in [3.8, 4) is 44.9 Å². The van der Waals surface area contributed by atoms with E-state index in [1.807, 2.05) is 87.8 Å². The zero-order valence-electron chi connectivity index (χ0n) is 40.9. The van der Waals surface area contributed by atoms with Crippen molar-refractivity contribution in [1.82, 2.24) is 20.5 Å². The molecule has 0 saturated carbocycles. The second-order valence-electron chi connectivity index (χ2n) is 19.3. The molecule has 13 nitrogen and oxygen atoms in total. The third-order valence-electron chi connectivity index (χ3n) is 12.8. The number of rotatable bonds is 14. The fourth-order valence-electron chi connectivity index (χ4n) is 8.87. The lowest BCUT2D eigenvalue weighted by Crippen LogP contribution is -2.58. The highest BCUT2D eigenvalue weighted by atomic mass is 32.1. The zero-order valence-corrected chi connectivity index (χ0v) is 42.5. The lowest BCUT2D eigenvalue weighted by Gasteiger charge is -2.35. The van der Waals surface area contributed by atoms with Crippen LogP contribution in [0.5, 0.6) is 17.2 Å². The van der Waals surface area contributed by atoms with Gasteiger partial charge in [0.15, 0.2) is 11.7 Å². The maximum Gasteiger partial charge on any atom is 0.417 e. The highest BCUT2D eigenvalue weighted by molar-refractivity contribution is 7.81. The van der Waals surface area contributed by atoms with E-state index in [4.69, 9.17) is 21.7 Å². The lowest BCUT2D eigenvalue weighted by atomic mass is 9.85. The molecule has 2 saturated heterocycles. The van der Waals surface area contributed by atoms with Crippen LogP contribution in [0.15, 0.2) is 121 Å². The Morgan fingerprint density at radius 2 is 1.56 bits per heavy atom. The van der Waals surface area contributed by atoms with Crippen LogP contribution in [0.4, 0.5) is 24.5 Å². The minimum Gasteiger partial charge on any atom is -0.484 e. The number of aromatic nitrogens is 1. The second-order valence-corrected chi connectivity index (χ2v) is 20.6. The maximum absolute atomic E-state index is 14.1. The molecule has 4 amide bonds. The highest BCUT2D eigenvalue weighted by Gasteiger charge is 2.51. The summed E-state index contributed by atoms with van der Waals surface area (Å²) in [5.74, 6) is -0.177. The van der Waals surface area contributed by atoms with Crippen LogP contribution in [0.1, 0.15) is 69.8 Å². The number of nitrogens with one attached hydrogen (secondary N) is 2. The number of anilines is 2. The molecule has 8 rings (SSSR count). The molecule has 18 heteroatoms. The number of hydrogen-bond acceptors (Lipinski definition) is 10. The van der Waals surface area contributed by atoms with Gasteiger partial charge in [0.25, 0.3) is 11.8 Å². The molecule has 2 atom stereocenters. The molecule has 376 valence electrons. The van der Waals surface area contributed by atoms with Gasteiger partial charge < -0.3 is 29.9 Å². The predicted octanol–water partition coefficient (Wildman–Crippen LogP) is 10.6. The van der Waals surface area contributed by atoms with Crippen molar-refractivity contribution in [2.75, 3.05) is 23.0 Å². The molecule has 0 radical (unpaired) electrons. The summed E-state index contributed by atoms with van der Waals surface area (Å²) < 4.78 is 53.4. The molecule has 0 aliphatic carbocycles. The normalized spacial score (nSPS) is 16.0. The fraction of sp³-hybridized carbons (Fsp3) is 0.291. The van der Waals surface area contributed by atoms with Gasteiger partial charge in [-0.3, -0.25) is 24.1 Å². The molecule has 2 aliphatic rings. The van der Waals surface area contributed by atoms with Crippen molar-refractivity contribution >= 4 is 63.7 Å². The highest BCUT2D eigenvalue weighted by Crippen LogP contribution is 2.41. The Hall–Kier alpha value is -7.62. The third-order valence-corrected chi connectivity index (χ3v) is 14.1. The van der Waals surface area contributed by atoms with Crippen LogP contribution in [-0.4, -0.2) is 69.4 Å². The molecule has 0 spiro atoms. The number of carbonyl (C=O) groups excluding carboxylic acids is 4. The largest absolute Gasteiger partial charge is 0.484 e. The molecule has 6 aromatic rings. The number of likely N-dealkylation sites (tertiary alicyclic amines) is 1. The predicted molar refractivity (Wildman–Crippen MR) is 277 cm³/mol. The summed E-state index contributed by atoms with van der Waals surface area (Å²) in [6.07, 6.45) is -3.64. The smallest absolute Gasteiger partial charge is 0.417 e. The Kier molecular flexibility index (Phi) is 14.8. The van der Waals surface area contributed by atoms with E-state index in [1.165, 1.54) is 6.07 Å². The van der Waals surface area contributed by atoms with Crippen molar-refractivity contribution in [3.05, 3.63) is 143 Å². The van der Waals surface area contributed by atoms with Crippen LogP contribution < -0.4 is 29.9 Å². The summed E-state index contributed by atoms with van der Waals surface area (Å²) in [6, 6.07) is 32.3. The Balaban J connectivity index is 0.845. The first-order valence-corrected chi connectivity index (χ1v) is 24.7. The average molecular weight is 1030 g/mol. The first kappa shape index (κ1) is 51.7. The number of thiocarbonyl (C=S) groups is 1. The monoisotopic (exact) mass is 1030 g/mol. The molecular weight excluding hydrogens is 976 g/mol. The van der Waals surface area contributed by atoms with Crippen molar-refractivity contribution < 1.29 is 41.8 Å². The Morgan fingerprint density at radius 3 is 2.21 bits per heavy atom. The molecule has 73 heavy (non-hydrogen) atoms. The summed E-state index contributed by atoms with van der Waals surface area (Å²) in [4.78, 5) is 64.2. The summed E-state index contributed by atoms with van der Waals surface area (Å²) in [5, 5.41) is 15.1. The van der Waals surface area contributed by atoms with E-state index in [9.17, 15) is 37.6 Å². The Morgan fingerprint density at radius 1 is 0.890 bits per heavy atom. The maximum atomic E-state index is 14.1. The van der Waals surface area contributed by atoms with Gasteiger partial charge in [-0.2, -0.15) is 18.4 Å². The summed E-state index contributed by atoms with van der Waals surface area (Å²) in [5.41, 5.74) is 3.20. The minimum absolute atomic E-state index is 0.0101. The summed E-state index contributed by atoms with van der Waals surface area (Å²) in [6.45, 7) is 11.2. The quantitative estimate of drug-likeness (QED) is 0.101. The summed E-state index contributed by atoms with van der Waals surface area (Å²) >= 11 is 7.28. The zero-order chi connectivity index (χ0) is 52.4. The molecule has 0 unspecified atom stereocenters. The SMILES string of the molecule is Cc1ncsc1-c1ccc(CNC(=O)[C@@H]2CCCN2C(=O)[C@@H](NC(=O)COc2ccc(Oc3cccc(-c4ccc(N5C(=S)N(c6ccc(C#N)c(C(F)(F)F)c6)C(=O)C5(C)C)cc4)c3)cc2)C(C)(C)C)cc1. The van der Waals surface area contributed by atoms with Crippen molar-refractivity contribution in [1.29, 1.82) is 5.26 Å². The second kappa shape index (κ2) is 20.8. The molecule has 0 bridgehead atoms. The van der Waals surface area contributed by atoms with E-state index in [2.05, 4.69) is 15.6 Å². The number of nitrogens with zero attached hydrogens (tertiary/aromatic N) is 5. The first-order valence-electron chi connectivity index (χ1n) is 23.4. The van der Waals surface area contributed by atoms with E-state index in [0.29, 0.717) is 48.9 Å². The molecule has 2 fully saturated rings. The number of nitriles is 1. The first-order chi connectivity index (χ1) is 34.6. The molecule has 2 N–H and O–H groups in total. The lowest BCUT2D eigenvalue weighted by molar-refractivity contribution is -0.144. The van der Waals surface area contributed by atoms with E-state index < -0.39 is 52.2 Å². The number of halogens is 3. The summed E-state index contributed by atoms with van der Waals surface area (Å²) in [7, 11) is 0. The van der Waals surface area contributed by atoms with Crippen LogP contribution in [0, 0.1) is 23.7 Å². The number of amides is 4. The van der Waals surface area contributed by atoms with Gasteiger partial charge in [0.05, 0.1) is 39.0 Å². The molecule has 2 aliphatic heterocycles. The van der Waals surface area contributed by atoms with Gasteiger partial charge >= 0.3 is 6.18 Å². The van der Waals surface area contributed by atoms with Gasteiger partial charge in [0, 0.05) is 18.8 Å². The molecule has 3 heterocycles. The number of benzene rings is 5. The number of ether oxygens (including phenoxy) is 2. The van der Waals surface area contributed by atoms with Gasteiger partial charge in [-0.15, -0.1) is 11.3 Å². The fourth-order valence-corrected chi connectivity index (χ4v) is 10.2. The van der Waals surface area contributed by atoms with Gasteiger partial charge in [0.1, 0.15) is 34.9 Å². The van der Waals surface area contributed by atoms with E-state index in [1.54, 1.807) is 83.5 Å².